The number of hydrogen-bond donors (Lipinski definition) is 1. The van der Waals surface area contributed by atoms with Crippen molar-refractivity contribution in [1.82, 2.24) is 29.7 Å². The smallest absolute Gasteiger partial charge is 0.211 e. The molecule has 6 rings (SSSR count). The number of methoxy groups -OCH3 is 1. The van der Waals surface area contributed by atoms with Gasteiger partial charge in [-0.25, -0.2) is 9.67 Å². The third-order valence-corrected chi connectivity index (χ3v) is 7.52. The van der Waals surface area contributed by atoms with Crippen LogP contribution in [0.1, 0.15) is 49.7 Å². The molecule has 10 nitrogen and oxygen atoms in total. The van der Waals surface area contributed by atoms with Crippen molar-refractivity contribution >= 4 is 22.1 Å². The lowest BCUT2D eigenvalue weighted by Gasteiger charge is -2.33. The first kappa shape index (κ1) is 24.6. The number of rotatable bonds is 6. The molecule has 198 valence electrons. The van der Waals surface area contributed by atoms with E-state index in [0.717, 1.165) is 52.1 Å². The molecule has 38 heavy (non-hydrogen) atoms. The van der Waals surface area contributed by atoms with Crippen LogP contribution in [0.2, 0.25) is 0 Å². The van der Waals surface area contributed by atoms with Crippen molar-refractivity contribution in [1.29, 1.82) is 0 Å². The molecule has 1 unspecified atom stereocenters. The van der Waals surface area contributed by atoms with Gasteiger partial charge in [-0.1, -0.05) is 22.5 Å². The lowest BCUT2D eigenvalue weighted by Crippen LogP contribution is -2.28. The Hall–Kier alpha value is -3.76. The van der Waals surface area contributed by atoms with Crippen LogP contribution in [-0.4, -0.2) is 55.1 Å². The van der Waals surface area contributed by atoms with Crippen LogP contribution < -0.4 is 4.74 Å². The van der Waals surface area contributed by atoms with Crippen LogP contribution in [0.4, 0.5) is 0 Å². The number of nitrogens with zero attached hydrogens (tertiary/aromatic N) is 6. The van der Waals surface area contributed by atoms with E-state index in [9.17, 15) is 5.11 Å². The maximum absolute atomic E-state index is 11.1. The molecular weight excluding hydrogens is 484 g/mol. The van der Waals surface area contributed by atoms with Crippen LogP contribution in [-0.2, 0) is 17.4 Å². The molecule has 4 aromatic heterocycles. The molecule has 1 N–H and O–H groups in total. The second-order valence-electron chi connectivity index (χ2n) is 10.5. The fourth-order valence-corrected chi connectivity index (χ4v) is 5.76. The van der Waals surface area contributed by atoms with Gasteiger partial charge in [0, 0.05) is 32.0 Å². The fourth-order valence-electron chi connectivity index (χ4n) is 5.76. The maximum Gasteiger partial charge on any atom is 0.211 e. The van der Waals surface area contributed by atoms with E-state index in [0.29, 0.717) is 30.0 Å². The van der Waals surface area contributed by atoms with Crippen molar-refractivity contribution in [2.24, 2.45) is 13.0 Å². The quantitative estimate of drug-likeness (QED) is 0.350. The molecule has 5 heterocycles. The number of ether oxygens (including phenoxy) is 2. The van der Waals surface area contributed by atoms with E-state index in [1.54, 1.807) is 25.6 Å². The van der Waals surface area contributed by atoms with Gasteiger partial charge < -0.3 is 23.7 Å². The van der Waals surface area contributed by atoms with Crippen molar-refractivity contribution < 1.29 is 19.1 Å². The fraction of sp³-hybridized carbons (Fsp3) is 0.429. The molecule has 0 saturated carbocycles. The molecule has 0 radical (unpaired) electrons. The number of aliphatic hydroxyl groups is 1. The zero-order valence-corrected chi connectivity index (χ0v) is 22.3. The molecule has 5 aromatic rings. The molecule has 1 saturated heterocycles. The Morgan fingerprint density at radius 2 is 1.97 bits per heavy atom. The highest BCUT2D eigenvalue weighted by atomic mass is 16.5. The molecule has 1 aliphatic heterocycles. The van der Waals surface area contributed by atoms with E-state index in [4.69, 9.17) is 19.0 Å². The van der Waals surface area contributed by atoms with Crippen LogP contribution in [0.25, 0.3) is 33.4 Å². The monoisotopic (exact) mass is 516 g/mol. The highest BCUT2D eigenvalue weighted by molar-refractivity contribution is 6.04. The summed E-state index contributed by atoms with van der Waals surface area (Å²) in [5, 5.41) is 23.9. The van der Waals surface area contributed by atoms with Crippen LogP contribution in [0.3, 0.4) is 0 Å². The van der Waals surface area contributed by atoms with Crippen LogP contribution in [0.15, 0.2) is 41.1 Å². The first-order chi connectivity index (χ1) is 18.3. The number of aryl methyl sites for hydroxylation is 2. The Morgan fingerprint density at radius 1 is 1.18 bits per heavy atom. The van der Waals surface area contributed by atoms with E-state index in [-0.39, 0.29) is 12.0 Å². The minimum Gasteiger partial charge on any atom is -0.497 e. The largest absolute Gasteiger partial charge is 0.497 e. The minimum atomic E-state index is -1.22. The average molecular weight is 517 g/mol. The number of benzene rings is 1. The lowest BCUT2D eigenvalue weighted by molar-refractivity contribution is 0.0546. The predicted octanol–water partition coefficient (Wildman–Crippen LogP) is 4.53. The van der Waals surface area contributed by atoms with E-state index in [1.165, 1.54) is 0 Å². The summed E-state index contributed by atoms with van der Waals surface area (Å²) in [5.74, 6) is 1.05. The van der Waals surface area contributed by atoms with Gasteiger partial charge in [-0.05, 0) is 63.3 Å². The Kier molecular flexibility index (Phi) is 5.96. The van der Waals surface area contributed by atoms with Crippen molar-refractivity contribution in [3.8, 4) is 17.0 Å². The second-order valence-corrected chi connectivity index (χ2v) is 10.5. The topological polar surface area (TPSA) is 113 Å². The zero-order chi connectivity index (χ0) is 26.6. The molecule has 1 atom stereocenters. The average Bonchev–Trinajstić information content (AvgIpc) is 3.58. The molecule has 1 aliphatic rings. The first-order valence-electron chi connectivity index (χ1n) is 12.9. The SMILES string of the molecule is COc1cccc(C(C2CCOCC2)n2c3cc(-c4c(C)nnn4C)cnc3c3onc(C(C)(C)O)c32)c1. The minimum absolute atomic E-state index is 0.0997. The lowest BCUT2D eigenvalue weighted by atomic mass is 9.86. The van der Waals surface area contributed by atoms with E-state index in [1.807, 2.05) is 32.3 Å². The highest BCUT2D eigenvalue weighted by Gasteiger charge is 2.36. The Balaban J connectivity index is 1.70. The van der Waals surface area contributed by atoms with Crippen LogP contribution in [0, 0.1) is 12.8 Å². The Morgan fingerprint density at radius 3 is 2.66 bits per heavy atom. The standard InChI is InChI=1S/C28H32N6O4/c1-16-23(33(4)32-30-16)19-14-21-22(29-15-19)26-25(27(31-38-26)28(2,3)35)34(21)24(17-9-11-37-12-10-17)18-7-6-8-20(13-18)36-5/h6-8,13-15,17,24,35H,9-12H2,1-5H3. The first-order valence-corrected chi connectivity index (χ1v) is 12.9. The van der Waals surface area contributed by atoms with Gasteiger partial charge in [0.1, 0.15) is 28.1 Å². The number of fused-ring (bicyclic) bond motifs is 3. The number of hydrogen-bond acceptors (Lipinski definition) is 8. The van der Waals surface area contributed by atoms with Gasteiger partial charge in [0.05, 0.1) is 30.1 Å². The molecule has 10 heteroatoms. The summed E-state index contributed by atoms with van der Waals surface area (Å²) in [6.07, 6.45) is 3.60. The van der Waals surface area contributed by atoms with E-state index < -0.39 is 5.60 Å². The van der Waals surface area contributed by atoms with Gasteiger partial charge in [0.2, 0.25) is 5.58 Å². The van der Waals surface area contributed by atoms with Crippen molar-refractivity contribution in [3.63, 3.8) is 0 Å². The molecule has 1 aromatic carbocycles. The van der Waals surface area contributed by atoms with E-state index >= 15 is 0 Å². The van der Waals surface area contributed by atoms with Crippen molar-refractivity contribution in [2.75, 3.05) is 20.3 Å². The molecule has 0 amide bonds. The molecule has 0 bridgehead atoms. The van der Waals surface area contributed by atoms with Crippen molar-refractivity contribution in [2.45, 2.75) is 45.3 Å². The summed E-state index contributed by atoms with van der Waals surface area (Å²) >= 11 is 0. The second kappa shape index (κ2) is 9.21. The summed E-state index contributed by atoms with van der Waals surface area (Å²) in [6, 6.07) is 10.2. The third-order valence-electron chi connectivity index (χ3n) is 7.52. The third kappa shape index (κ3) is 3.95. The summed E-state index contributed by atoms with van der Waals surface area (Å²) in [7, 11) is 3.56. The van der Waals surface area contributed by atoms with Gasteiger partial charge in [-0.15, -0.1) is 5.10 Å². The normalized spacial score (nSPS) is 15.9. The molecule has 1 fully saturated rings. The highest BCUT2D eigenvalue weighted by Crippen LogP contribution is 2.44. The summed E-state index contributed by atoms with van der Waals surface area (Å²) in [4.78, 5) is 4.86. The maximum atomic E-state index is 11.1. The summed E-state index contributed by atoms with van der Waals surface area (Å²) in [5.41, 5.74) is 5.86. The van der Waals surface area contributed by atoms with Gasteiger partial charge >= 0.3 is 0 Å². The Bertz CT molecular complexity index is 1600. The van der Waals surface area contributed by atoms with Crippen molar-refractivity contribution in [3.05, 3.63) is 53.5 Å². The Labute approximate surface area is 220 Å². The molecule has 0 spiro atoms. The number of aromatic nitrogens is 6. The van der Waals surface area contributed by atoms with Gasteiger partial charge in [-0.3, -0.25) is 0 Å². The van der Waals surface area contributed by atoms with E-state index in [2.05, 4.69) is 38.2 Å². The number of pyridine rings is 1. The zero-order valence-electron chi connectivity index (χ0n) is 22.3. The van der Waals surface area contributed by atoms with Gasteiger partial charge in [-0.2, -0.15) is 0 Å². The molecule has 0 aliphatic carbocycles. The summed E-state index contributed by atoms with van der Waals surface area (Å²) < 4.78 is 21.3. The van der Waals surface area contributed by atoms with Crippen LogP contribution in [0.5, 0.6) is 5.75 Å². The summed E-state index contributed by atoms with van der Waals surface area (Å²) in [6.45, 7) is 6.78. The van der Waals surface area contributed by atoms with Crippen LogP contribution >= 0.6 is 0 Å². The van der Waals surface area contributed by atoms with Gasteiger partial charge in [0.25, 0.3) is 0 Å². The van der Waals surface area contributed by atoms with Gasteiger partial charge in [0.15, 0.2) is 0 Å². The predicted molar refractivity (Wildman–Crippen MR) is 142 cm³/mol. The molecular formula is C28H32N6O4.